The van der Waals surface area contributed by atoms with E-state index in [2.05, 4.69) is 9.88 Å². The highest BCUT2D eigenvalue weighted by Crippen LogP contribution is 2.28. The maximum Gasteiger partial charge on any atom is 0.243 e. The van der Waals surface area contributed by atoms with Crippen molar-refractivity contribution in [2.75, 3.05) is 26.2 Å². The Hall–Kier alpha value is -2.31. The van der Waals surface area contributed by atoms with Gasteiger partial charge in [0.05, 0.1) is 41.0 Å². The van der Waals surface area contributed by atoms with Crippen LogP contribution in [0.3, 0.4) is 0 Å². The third kappa shape index (κ3) is 3.66. The molecule has 1 aromatic carbocycles. The van der Waals surface area contributed by atoms with Crippen molar-refractivity contribution in [1.82, 2.24) is 14.2 Å². The Morgan fingerprint density at radius 1 is 1.21 bits per heavy atom. The number of rotatable bonds is 4. The lowest BCUT2D eigenvalue weighted by Crippen LogP contribution is -2.50. The maximum absolute atomic E-state index is 13.0. The van der Waals surface area contributed by atoms with Crippen LogP contribution in [0.25, 0.3) is 0 Å². The zero-order valence-electron chi connectivity index (χ0n) is 15.7. The van der Waals surface area contributed by atoms with Gasteiger partial charge in [-0.15, -0.1) is 0 Å². The molecule has 7 nitrogen and oxygen atoms in total. The van der Waals surface area contributed by atoms with E-state index >= 15 is 0 Å². The fourth-order valence-electron chi connectivity index (χ4n) is 3.86. The summed E-state index contributed by atoms with van der Waals surface area (Å²) in [6.07, 6.45) is -0.147. The number of morpholine rings is 1. The fourth-order valence-corrected chi connectivity index (χ4v) is 5.33. The normalized spacial score (nSPS) is 23.3. The molecule has 28 heavy (non-hydrogen) atoms. The maximum atomic E-state index is 13.0. The van der Waals surface area contributed by atoms with Crippen LogP contribution in [0.5, 0.6) is 0 Å². The third-order valence-electron chi connectivity index (χ3n) is 5.32. The van der Waals surface area contributed by atoms with Crippen molar-refractivity contribution < 1.29 is 13.2 Å². The molecule has 146 valence electrons. The van der Waals surface area contributed by atoms with E-state index in [-0.39, 0.29) is 17.0 Å². The molecular formula is C20H22N4O3S. The number of nitrogens with zero attached hydrogens (tertiary/aromatic N) is 4. The Morgan fingerprint density at radius 2 is 2.00 bits per heavy atom. The molecule has 2 aliphatic heterocycles. The quantitative estimate of drug-likeness (QED) is 0.776. The lowest BCUT2D eigenvalue weighted by Gasteiger charge is -2.36. The zero-order valence-corrected chi connectivity index (χ0v) is 16.5. The van der Waals surface area contributed by atoms with Gasteiger partial charge in [0, 0.05) is 31.9 Å². The van der Waals surface area contributed by atoms with Crippen LogP contribution in [-0.2, 0) is 21.3 Å². The van der Waals surface area contributed by atoms with Gasteiger partial charge < -0.3 is 4.74 Å². The molecule has 0 saturated carbocycles. The second kappa shape index (κ2) is 7.60. The van der Waals surface area contributed by atoms with E-state index < -0.39 is 10.0 Å². The Labute approximate surface area is 165 Å². The number of fused-ring (bicyclic) bond motifs is 1. The molecule has 3 heterocycles. The number of aromatic nitrogens is 1. The van der Waals surface area contributed by atoms with Crippen LogP contribution in [0.2, 0.25) is 0 Å². The Bertz CT molecular complexity index is 1000. The van der Waals surface area contributed by atoms with E-state index in [0.717, 1.165) is 17.9 Å². The van der Waals surface area contributed by atoms with Crippen LogP contribution in [0, 0.1) is 18.3 Å². The van der Waals surface area contributed by atoms with E-state index in [1.807, 2.05) is 31.2 Å². The molecule has 0 amide bonds. The molecule has 0 unspecified atom stereocenters. The second-order valence-electron chi connectivity index (χ2n) is 7.18. The first-order valence-corrected chi connectivity index (χ1v) is 10.7. The lowest BCUT2D eigenvalue weighted by molar-refractivity contribution is -0.0506. The average molecular weight is 398 g/mol. The van der Waals surface area contributed by atoms with Gasteiger partial charge in [0.25, 0.3) is 0 Å². The van der Waals surface area contributed by atoms with Gasteiger partial charge in [-0.25, -0.2) is 8.42 Å². The van der Waals surface area contributed by atoms with E-state index in [4.69, 9.17) is 10.00 Å². The molecule has 0 bridgehead atoms. The minimum absolute atomic E-state index is 0.00391. The van der Waals surface area contributed by atoms with Gasteiger partial charge in [0.1, 0.15) is 0 Å². The Morgan fingerprint density at radius 3 is 2.71 bits per heavy atom. The van der Waals surface area contributed by atoms with Gasteiger partial charge >= 0.3 is 0 Å². The van der Waals surface area contributed by atoms with Crippen molar-refractivity contribution in [1.29, 1.82) is 5.26 Å². The second-order valence-corrected chi connectivity index (χ2v) is 9.11. The highest BCUT2D eigenvalue weighted by molar-refractivity contribution is 7.89. The smallest absolute Gasteiger partial charge is 0.243 e. The molecule has 2 atom stereocenters. The molecule has 8 heteroatoms. The largest absolute Gasteiger partial charge is 0.374 e. The molecule has 2 aliphatic rings. The molecule has 2 saturated heterocycles. The summed E-state index contributed by atoms with van der Waals surface area (Å²) in [7, 11) is -3.62. The van der Waals surface area contributed by atoms with Gasteiger partial charge in [-0.3, -0.25) is 9.88 Å². The predicted molar refractivity (Wildman–Crippen MR) is 103 cm³/mol. The number of aryl methyl sites for hydroxylation is 1. The summed E-state index contributed by atoms with van der Waals surface area (Å²) >= 11 is 0. The van der Waals surface area contributed by atoms with Gasteiger partial charge in [0.2, 0.25) is 10.0 Å². The molecule has 4 rings (SSSR count). The van der Waals surface area contributed by atoms with Crippen LogP contribution < -0.4 is 0 Å². The van der Waals surface area contributed by atoms with Crippen molar-refractivity contribution in [3.05, 3.63) is 59.4 Å². The molecule has 0 aliphatic carbocycles. The Kier molecular flexibility index (Phi) is 5.17. The number of benzene rings is 1. The molecule has 1 aromatic heterocycles. The van der Waals surface area contributed by atoms with Crippen LogP contribution in [0.15, 0.2) is 47.4 Å². The highest BCUT2D eigenvalue weighted by Gasteiger charge is 2.44. The van der Waals surface area contributed by atoms with Gasteiger partial charge in [-0.05, 0) is 43.3 Å². The van der Waals surface area contributed by atoms with Crippen LogP contribution in [-0.4, -0.2) is 61.0 Å². The predicted octanol–water partition coefficient (Wildman–Crippen LogP) is 1.54. The first-order valence-electron chi connectivity index (χ1n) is 9.26. The first-order chi connectivity index (χ1) is 13.5. The topological polar surface area (TPSA) is 86.5 Å². The number of sulfonamides is 1. The minimum Gasteiger partial charge on any atom is -0.374 e. The van der Waals surface area contributed by atoms with Crippen molar-refractivity contribution in [2.24, 2.45) is 0 Å². The van der Waals surface area contributed by atoms with Crippen LogP contribution >= 0.6 is 0 Å². The molecule has 0 spiro atoms. The lowest BCUT2D eigenvalue weighted by atomic mass is 10.1. The molecule has 0 radical (unpaired) electrons. The molecule has 2 fully saturated rings. The number of hydrogen-bond donors (Lipinski definition) is 0. The van der Waals surface area contributed by atoms with Crippen molar-refractivity contribution in [3.8, 4) is 6.07 Å². The third-order valence-corrected chi connectivity index (χ3v) is 7.16. The van der Waals surface area contributed by atoms with Crippen molar-refractivity contribution in [3.63, 3.8) is 0 Å². The minimum atomic E-state index is -3.62. The number of ether oxygens (including phenoxy) is 1. The van der Waals surface area contributed by atoms with Crippen LogP contribution in [0.1, 0.15) is 17.0 Å². The summed E-state index contributed by atoms with van der Waals surface area (Å²) in [6.45, 7) is 4.70. The Balaban J connectivity index is 1.52. The molecular weight excluding hydrogens is 376 g/mol. The standard InChI is InChI=1S/C20H22N4O3S/c1-15-3-2-4-17(22-15)12-23-9-10-27-20-14-24(13-19(20)23)28(25,26)18-7-5-16(11-21)6-8-18/h2-8,19-20H,9-10,12-14H2,1H3/t19-,20+/m1/s1. The first kappa shape index (κ1) is 19.0. The monoisotopic (exact) mass is 398 g/mol. The van der Waals surface area contributed by atoms with E-state index in [0.29, 0.717) is 31.8 Å². The van der Waals surface area contributed by atoms with E-state index in [9.17, 15) is 8.42 Å². The van der Waals surface area contributed by atoms with Crippen molar-refractivity contribution in [2.45, 2.75) is 30.5 Å². The summed E-state index contributed by atoms with van der Waals surface area (Å²) in [5.41, 5.74) is 2.39. The highest BCUT2D eigenvalue weighted by atomic mass is 32.2. The van der Waals surface area contributed by atoms with Gasteiger partial charge in [0.15, 0.2) is 0 Å². The summed E-state index contributed by atoms with van der Waals surface area (Å²) in [4.78, 5) is 7.05. The average Bonchev–Trinajstić information content (AvgIpc) is 3.14. The summed E-state index contributed by atoms with van der Waals surface area (Å²) in [5, 5.41) is 8.91. The van der Waals surface area contributed by atoms with Crippen molar-refractivity contribution >= 4 is 10.0 Å². The summed E-state index contributed by atoms with van der Waals surface area (Å²) in [6, 6.07) is 14.0. The zero-order chi connectivity index (χ0) is 19.7. The fraction of sp³-hybridized carbons (Fsp3) is 0.400. The summed E-state index contributed by atoms with van der Waals surface area (Å²) in [5.74, 6) is 0. The molecule has 0 N–H and O–H groups in total. The number of hydrogen-bond acceptors (Lipinski definition) is 6. The molecule has 2 aromatic rings. The number of pyridine rings is 1. The van der Waals surface area contributed by atoms with Gasteiger partial charge in [-0.1, -0.05) is 6.07 Å². The number of nitriles is 1. The van der Waals surface area contributed by atoms with E-state index in [1.165, 1.54) is 28.6 Å². The van der Waals surface area contributed by atoms with Crippen LogP contribution in [0.4, 0.5) is 0 Å². The van der Waals surface area contributed by atoms with E-state index in [1.54, 1.807) is 0 Å². The SMILES string of the molecule is Cc1cccc(CN2CCO[C@H]3CN(S(=O)(=O)c4ccc(C#N)cc4)C[C@H]32)n1. The van der Waals surface area contributed by atoms with Gasteiger partial charge in [-0.2, -0.15) is 9.57 Å². The summed E-state index contributed by atoms with van der Waals surface area (Å²) < 4.78 is 33.5.